The molecule has 3 atom stereocenters. The number of aryl methyl sites for hydroxylation is 1. The summed E-state index contributed by atoms with van der Waals surface area (Å²) in [6.07, 6.45) is 5.63. The molecule has 1 aliphatic carbocycles. The van der Waals surface area contributed by atoms with Crippen LogP contribution >= 0.6 is 22.9 Å². The van der Waals surface area contributed by atoms with Gasteiger partial charge in [0.1, 0.15) is 5.82 Å². The second kappa shape index (κ2) is 11.3. The average Bonchev–Trinajstić information content (AvgIpc) is 3.52. The van der Waals surface area contributed by atoms with Gasteiger partial charge in [-0.3, -0.25) is 9.59 Å². The van der Waals surface area contributed by atoms with Crippen LogP contribution in [0.5, 0.6) is 0 Å². The highest BCUT2D eigenvalue weighted by Gasteiger charge is 2.35. The Morgan fingerprint density at radius 1 is 1.21 bits per heavy atom. The van der Waals surface area contributed by atoms with Gasteiger partial charge in [-0.05, 0) is 57.0 Å². The fraction of sp³-hybridized carbons (Fsp3) is 0.407. The van der Waals surface area contributed by atoms with Crippen molar-refractivity contribution in [3.8, 4) is 0 Å². The van der Waals surface area contributed by atoms with E-state index in [2.05, 4.69) is 37.5 Å². The molecule has 2 aromatic heterocycles. The lowest BCUT2D eigenvalue weighted by Crippen LogP contribution is -2.54. The summed E-state index contributed by atoms with van der Waals surface area (Å²) < 4.78 is 14.8. The van der Waals surface area contributed by atoms with Gasteiger partial charge in [0.25, 0.3) is 11.8 Å². The molecule has 0 bridgehead atoms. The van der Waals surface area contributed by atoms with Crippen LogP contribution < -0.4 is 10.6 Å². The molecule has 1 fully saturated rings. The molecule has 0 radical (unpaired) electrons. The van der Waals surface area contributed by atoms with Crippen molar-refractivity contribution in [3.05, 3.63) is 74.0 Å². The standard InChI is InChI=1S/C27H30ClFN6O2S/c1-15-13-30-24(31-15)17-5-8-20(32-25(36)19(29)11-16-3-6-18(28)7-4-16)22(12-17)33-26(37)27-34-21-9-10-35(2)14-23(21)38-27/h3-4,6-7,11,13,17,20,22H,5,8-10,12,14H2,1-2H3,(H,30,31)(H,32,36)(H,33,37)/b19-11-/t17-,20-,22+/m0/s1. The number of carbonyl (C=O) groups is 2. The van der Waals surface area contributed by atoms with E-state index in [1.165, 1.54) is 17.4 Å². The number of amides is 2. The van der Waals surface area contributed by atoms with Gasteiger partial charge in [-0.1, -0.05) is 23.7 Å². The summed E-state index contributed by atoms with van der Waals surface area (Å²) in [4.78, 5) is 41.7. The number of rotatable bonds is 6. The predicted molar refractivity (Wildman–Crippen MR) is 146 cm³/mol. The first-order valence-corrected chi connectivity index (χ1v) is 13.9. The smallest absolute Gasteiger partial charge is 0.280 e. The summed E-state index contributed by atoms with van der Waals surface area (Å²) in [5.41, 5.74) is 2.47. The third-order valence-corrected chi connectivity index (χ3v) is 8.42. The van der Waals surface area contributed by atoms with Crippen LogP contribution in [0.25, 0.3) is 6.08 Å². The van der Waals surface area contributed by atoms with Crippen LogP contribution in [0.3, 0.4) is 0 Å². The number of imidazole rings is 1. The van der Waals surface area contributed by atoms with Crippen LogP contribution in [0, 0.1) is 6.92 Å². The fourth-order valence-electron chi connectivity index (χ4n) is 5.05. The molecule has 2 amide bonds. The highest BCUT2D eigenvalue weighted by molar-refractivity contribution is 7.13. The Bertz CT molecular complexity index is 1350. The van der Waals surface area contributed by atoms with Gasteiger partial charge in [0, 0.05) is 53.3 Å². The molecule has 11 heteroatoms. The molecule has 200 valence electrons. The highest BCUT2D eigenvalue weighted by atomic mass is 35.5. The number of nitrogens with zero attached hydrogens (tertiary/aromatic N) is 3. The second-order valence-electron chi connectivity index (χ2n) is 10.0. The van der Waals surface area contributed by atoms with E-state index >= 15 is 0 Å². The Labute approximate surface area is 229 Å². The lowest BCUT2D eigenvalue weighted by atomic mass is 9.81. The van der Waals surface area contributed by atoms with Crippen molar-refractivity contribution in [2.45, 2.75) is 57.2 Å². The van der Waals surface area contributed by atoms with E-state index in [4.69, 9.17) is 11.6 Å². The van der Waals surface area contributed by atoms with Gasteiger partial charge >= 0.3 is 0 Å². The first-order chi connectivity index (χ1) is 18.2. The molecule has 8 nitrogen and oxygen atoms in total. The molecule has 2 aliphatic rings. The number of aromatic amines is 1. The Kier molecular flexibility index (Phi) is 7.92. The van der Waals surface area contributed by atoms with Crippen molar-refractivity contribution < 1.29 is 14.0 Å². The molecule has 0 unspecified atom stereocenters. The number of thiazole rings is 1. The van der Waals surface area contributed by atoms with Gasteiger partial charge in [-0.15, -0.1) is 11.3 Å². The van der Waals surface area contributed by atoms with E-state index in [0.29, 0.717) is 28.4 Å². The van der Waals surface area contributed by atoms with Crippen LogP contribution in [0.15, 0.2) is 36.3 Å². The molecule has 0 spiro atoms. The Balaban J connectivity index is 1.32. The van der Waals surface area contributed by atoms with Crippen molar-refractivity contribution in [2.75, 3.05) is 13.6 Å². The van der Waals surface area contributed by atoms with Crippen molar-refractivity contribution in [2.24, 2.45) is 0 Å². The molecule has 3 heterocycles. The second-order valence-corrected chi connectivity index (χ2v) is 11.6. The molecule has 38 heavy (non-hydrogen) atoms. The molecule has 0 saturated heterocycles. The van der Waals surface area contributed by atoms with Crippen molar-refractivity contribution in [1.29, 1.82) is 0 Å². The SMILES string of the molecule is Cc1cnc([C@H]2CC[C@H](NC(=O)/C(F)=C/c3ccc(Cl)cc3)[C@H](NC(=O)c3nc4c(s3)CN(C)CC4)C2)[nH]1. The molecule has 3 aromatic rings. The number of hydrogen-bond acceptors (Lipinski definition) is 6. The summed E-state index contributed by atoms with van der Waals surface area (Å²) in [6.45, 7) is 3.63. The molecule has 1 saturated carbocycles. The molecule has 1 aliphatic heterocycles. The number of benzene rings is 1. The van der Waals surface area contributed by atoms with Crippen LogP contribution in [-0.4, -0.2) is 57.3 Å². The van der Waals surface area contributed by atoms with Gasteiger partial charge in [0.2, 0.25) is 0 Å². The van der Waals surface area contributed by atoms with Crippen LogP contribution in [0.1, 0.15) is 62.6 Å². The number of hydrogen-bond donors (Lipinski definition) is 3. The van der Waals surface area contributed by atoms with Crippen LogP contribution in [0.4, 0.5) is 4.39 Å². The topological polar surface area (TPSA) is 103 Å². The quantitative estimate of drug-likeness (QED) is 0.391. The third kappa shape index (κ3) is 6.14. The molecular weight excluding hydrogens is 527 g/mol. The number of fused-ring (bicyclic) bond motifs is 1. The molecule has 5 rings (SSSR count). The third-order valence-electron chi connectivity index (χ3n) is 7.09. The molecule has 3 N–H and O–H groups in total. The van der Waals surface area contributed by atoms with Crippen LogP contribution in [-0.2, 0) is 17.8 Å². The van der Waals surface area contributed by atoms with Crippen molar-refractivity contribution >= 4 is 40.8 Å². The van der Waals surface area contributed by atoms with E-state index in [1.54, 1.807) is 30.5 Å². The number of carbonyl (C=O) groups excluding carboxylic acids is 2. The van der Waals surface area contributed by atoms with E-state index in [0.717, 1.165) is 48.0 Å². The largest absolute Gasteiger partial charge is 0.346 e. The minimum absolute atomic E-state index is 0.0785. The van der Waals surface area contributed by atoms with E-state index in [1.807, 2.05) is 6.92 Å². The van der Waals surface area contributed by atoms with E-state index < -0.39 is 23.8 Å². The lowest BCUT2D eigenvalue weighted by molar-refractivity contribution is -0.119. The van der Waals surface area contributed by atoms with Gasteiger partial charge in [0.15, 0.2) is 10.8 Å². The summed E-state index contributed by atoms with van der Waals surface area (Å²) >= 11 is 7.30. The zero-order chi connectivity index (χ0) is 26.8. The Morgan fingerprint density at radius 3 is 2.74 bits per heavy atom. The summed E-state index contributed by atoms with van der Waals surface area (Å²) in [5, 5.41) is 6.85. The summed E-state index contributed by atoms with van der Waals surface area (Å²) in [7, 11) is 2.05. The van der Waals surface area contributed by atoms with Gasteiger partial charge in [-0.25, -0.2) is 14.4 Å². The Hall–Kier alpha value is -3.08. The van der Waals surface area contributed by atoms with E-state index in [-0.39, 0.29) is 11.8 Å². The zero-order valence-corrected chi connectivity index (χ0v) is 22.8. The number of halogens is 2. The highest BCUT2D eigenvalue weighted by Crippen LogP contribution is 2.33. The maximum atomic E-state index is 14.8. The number of likely N-dealkylation sites (N-methyl/N-ethyl adjacent to an activating group) is 1. The average molecular weight is 557 g/mol. The van der Waals surface area contributed by atoms with Gasteiger partial charge in [0.05, 0.1) is 11.7 Å². The maximum Gasteiger partial charge on any atom is 0.280 e. The monoisotopic (exact) mass is 556 g/mol. The lowest BCUT2D eigenvalue weighted by Gasteiger charge is -2.36. The van der Waals surface area contributed by atoms with Gasteiger partial charge < -0.3 is 20.5 Å². The van der Waals surface area contributed by atoms with E-state index in [9.17, 15) is 14.0 Å². The molecule has 1 aromatic carbocycles. The Morgan fingerprint density at radius 2 is 2.00 bits per heavy atom. The minimum atomic E-state index is -0.905. The van der Waals surface area contributed by atoms with Crippen molar-refractivity contribution in [1.82, 2.24) is 30.5 Å². The normalized spacial score (nSPS) is 22.1. The first kappa shape index (κ1) is 26.5. The minimum Gasteiger partial charge on any atom is -0.346 e. The summed E-state index contributed by atoms with van der Waals surface area (Å²) in [6, 6.07) is 5.69. The van der Waals surface area contributed by atoms with Crippen LogP contribution in [0.2, 0.25) is 5.02 Å². The molecular formula is C27H30ClFN6O2S. The number of aromatic nitrogens is 3. The number of nitrogens with one attached hydrogen (secondary N) is 3. The van der Waals surface area contributed by atoms with Gasteiger partial charge in [-0.2, -0.15) is 0 Å². The first-order valence-electron chi connectivity index (χ1n) is 12.7. The van der Waals surface area contributed by atoms with Crippen molar-refractivity contribution in [3.63, 3.8) is 0 Å². The predicted octanol–water partition coefficient (Wildman–Crippen LogP) is 4.38. The number of H-pyrrole nitrogens is 1. The zero-order valence-electron chi connectivity index (χ0n) is 21.3. The maximum absolute atomic E-state index is 14.8. The summed E-state index contributed by atoms with van der Waals surface area (Å²) in [5.74, 6) is -1.06. The fourth-order valence-corrected chi connectivity index (χ4v) is 6.27.